The summed E-state index contributed by atoms with van der Waals surface area (Å²) in [6.07, 6.45) is 0. The summed E-state index contributed by atoms with van der Waals surface area (Å²) in [4.78, 5) is 28.5. The number of halogens is 1. The smallest absolute Gasteiger partial charge is 0.264 e. The molecule has 0 aromatic heterocycles. The highest BCUT2D eigenvalue weighted by molar-refractivity contribution is 7.92. The van der Waals surface area contributed by atoms with Gasteiger partial charge in [-0.15, -0.1) is 0 Å². The Morgan fingerprint density at radius 2 is 1.62 bits per heavy atom. The molecule has 8 nitrogen and oxygen atoms in total. The van der Waals surface area contributed by atoms with Crippen molar-refractivity contribution in [3.8, 4) is 5.75 Å². The van der Waals surface area contributed by atoms with E-state index in [2.05, 4.69) is 5.32 Å². The highest BCUT2D eigenvalue weighted by atomic mass is 35.5. The van der Waals surface area contributed by atoms with Crippen LogP contribution in [0.15, 0.2) is 71.6 Å². The van der Waals surface area contributed by atoms with Gasteiger partial charge in [0.2, 0.25) is 11.8 Å². The molecule has 0 aliphatic rings. The van der Waals surface area contributed by atoms with Crippen molar-refractivity contribution in [1.82, 2.24) is 10.2 Å². The average Bonchev–Trinajstić information content (AvgIpc) is 2.90. The molecule has 1 atom stereocenters. The van der Waals surface area contributed by atoms with Crippen LogP contribution in [-0.2, 0) is 26.2 Å². The molecule has 10 heteroatoms. The Hall–Kier alpha value is -3.56. The molecular formula is C30H36ClN3O5S. The lowest BCUT2D eigenvalue weighted by Crippen LogP contribution is -2.52. The fourth-order valence-electron chi connectivity index (χ4n) is 4.14. The van der Waals surface area contributed by atoms with Crippen LogP contribution < -0.4 is 14.4 Å². The first-order chi connectivity index (χ1) is 18.8. The number of hydrogen-bond acceptors (Lipinski definition) is 5. The van der Waals surface area contributed by atoms with Gasteiger partial charge in [-0.2, -0.15) is 0 Å². The van der Waals surface area contributed by atoms with Crippen molar-refractivity contribution in [1.29, 1.82) is 0 Å². The van der Waals surface area contributed by atoms with Crippen LogP contribution >= 0.6 is 11.6 Å². The molecule has 0 saturated carbocycles. The van der Waals surface area contributed by atoms with Gasteiger partial charge < -0.3 is 15.0 Å². The highest BCUT2D eigenvalue weighted by Crippen LogP contribution is 2.32. The SMILES string of the molecule is COc1ccc(N(CC(=O)N(Cc2ccccc2C)C(C)C(=O)NC(C)C)S(=O)(=O)c2ccc(C)cc2)cc1Cl. The number of sulfonamides is 1. The van der Waals surface area contributed by atoms with Crippen molar-refractivity contribution < 1.29 is 22.7 Å². The molecule has 0 bridgehead atoms. The third-order valence-electron chi connectivity index (χ3n) is 6.51. The molecule has 40 heavy (non-hydrogen) atoms. The fourth-order valence-corrected chi connectivity index (χ4v) is 5.79. The van der Waals surface area contributed by atoms with Crippen LogP contribution in [0.4, 0.5) is 5.69 Å². The van der Waals surface area contributed by atoms with Gasteiger partial charge in [0.15, 0.2) is 0 Å². The maximum Gasteiger partial charge on any atom is 0.264 e. The molecule has 3 aromatic carbocycles. The number of amides is 2. The second-order valence-corrected chi connectivity index (χ2v) is 12.2. The third-order valence-corrected chi connectivity index (χ3v) is 8.59. The van der Waals surface area contributed by atoms with Crippen molar-refractivity contribution >= 4 is 39.1 Å². The summed E-state index contributed by atoms with van der Waals surface area (Å²) in [7, 11) is -2.74. The second kappa shape index (κ2) is 13.2. The zero-order valence-corrected chi connectivity index (χ0v) is 25.2. The van der Waals surface area contributed by atoms with E-state index in [1.807, 2.05) is 52.0 Å². The van der Waals surface area contributed by atoms with Crippen LogP contribution in [0.3, 0.4) is 0 Å². The zero-order chi connectivity index (χ0) is 29.6. The van der Waals surface area contributed by atoms with Crippen LogP contribution in [0.1, 0.15) is 37.5 Å². The quantitative estimate of drug-likeness (QED) is 0.338. The Morgan fingerprint density at radius 1 is 0.975 bits per heavy atom. The molecule has 1 unspecified atom stereocenters. The topological polar surface area (TPSA) is 96.0 Å². The van der Waals surface area contributed by atoms with Gasteiger partial charge in [0.25, 0.3) is 10.0 Å². The van der Waals surface area contributed by atoms with Crippen LogP contribution in [0, 0.1) is 13.8 Å². The van der Waals surface area contributed by atoms with E-state index in [4.69, 9.17) is 16.3 Å². The van der Waals surface area contributed by atoms with Crippen LogP contribution in [0.25, 0.3) is 0 Å². The predicted octanol–water partition coefficient (Wildman–Crippen LogP) is 5.10. The number of methoxy groups -OCH3 is 1. The Labute approximate surface area is 241 Å². The van der Waals surface area contributed by atoms with Gasteiger partial charge in [-0.3, -0.25) is 13.9 Å². The number of ether oxygens (including phenoxy) is 1. The molecule has 0 radical (unpaired) electrons. The Bertz CT molecular complexity index is 1460. The van der Waals surface area contributed by atoms with E-state index in [1.165, 1.54) is 36.3 Å². The normalized spacial score (nSPS) is 12.1. The molecule has 2 amide bonds. The van der Waals surface area contributed by atoms with Crippen molar-refractivity contribution in [3.63, 3.8) is 0 Å². The molecular weight excluding hydrogens is 550 g/mol. The van der Waals surface area contributed by atoms with E-state index in [-0.39, 0.29) is 34.1 Å². The Morgan fingerprint density at radius 3 is 2.20 bits per heavy atom. The molecule has 1 N–H and O–H groups in total. The molecule has 3 rings (SSSR count). The number of hydrogen-bond donors (Lipinski definition) is 1. The standard InChI is InChI=1S/C30H36ClN3O5S/c1-20(2)32-30(36)23(5)33(18-24-10-8-7-9-22(24)4)29(35)19-34(25-13-16-28(39-6)27(31)17-25)40(37,38)26-14-11-21(3)12-15-26/h7-17,20,23H,18-19H2,1-6H3,(H,32,36). The molecule has 3 aromatic rings. The third kappa shape index (κ3) is 7.34. The van der Waals surface area contributed by atoms with Crippen LogP contribution in [-0.4, -0.2) is 50.9 Å². The largest absolute Gasteiger partial charge is 0.495 e. The fraction of sp³-hybridized carbons (Fsp3) is 0.333. The summed E-state index contributed by atoms with van der Waals surface area (Å²) >= 11 is 6.36. The molecule has 0 spiro atoms. The first-order valence-electron chi connectivity index (χ1n) is 12.9. The number of nitrogens with zero attached hydrogens (tertiary/aromatic N) is 2. The number of nitrogens with one attached hydrogen (secondary N) is 1. The molecule has 0 saturated heterocycles. The maximum atomic E-state index is 14.0. The van der Waals surface area contributed by atoms with Gasteiger partial charge >= 0.3 is 0 Å². The van der Waals surface area contributed by atoms with Gasteiger partial charge in [-0.25, -0.2) is 8.42 Å². The maximum absolute atomic E-state index is 14.0. The minimum absolute atomic E-state index is 0.0221. The molecule has 0 fully saturated rings. The first kappa shape index (κ1) is 31.0. The number of benzene rings is 3. The number of rotatable bonds is 11. The van der Waals surface area contributed by atoms with E-state index in [1.54, 1.807) is 25.1 Å². The van der Waals surface area contributed by atoms with E-state index >= 15 is 0 Å². The van der Waals surface area contributed by atoms with Crippen molar-refractivity contribution in [2.75, 3.05) is 18.0 Å². The van der Waals surface area contributed by atoms with Crippen LogP contribution in [0.5, 0.6) is 5.75 Å². The first-order valence-corrected chi connectivity index (χ1v) is 14.7. The number of anilines is 1. The molecule has 0 aliphatic heterocycles. The minimum Gasteiger partial charge on any atom is -0.495 e. The molecule has 0 heterocycles. The van der Waals surface area contributed by atoms with Crippen LogP contribution in [0.2, 0.25) is 5.02 Å². The summed E-state index contributed by atoms with van der Waals surface area (Å²) in [5.41, 5.74) is 2.88. The number of carbonyl (C=O) groups is 2. The van der Waals surface area contributed by atoms with Gasteiger partial charge in [-0.05, 0) is 76.1 Å². The van der Waals surface area contributed by atoms with E-state index in [0.29, 0.717) is 5.75 Å². The van der Waals surface area contributed by atoms with Crippen molar-refractivity contribution in [2.24, 2.45) is 0 Å². The van der Waals surface area contributed by atoms with Gasteiger partial charge in [0, 0.05) is 12.6 Å². The summed E-state index contributed by atoms with van der Waals surface area (Å²) in [5.74, 6) is -0.515. The second-order valence-electron chi connectivity index (χ2n) is 9.93. The predicted molar refractivity (Wildman–Crippen MR) is 158 cm³/mol. The minimum atomic E-state index is -4.20. The van der Waals surface area contributed by atoms with Gasteiger partial charge in [-0.1, -0.05) is 53.6 Å². The summed E-state index contributed by atoms with van der Waals surface area (Å²) in [5, 5.41) is 3.04. The summed E-state index contributed by atoms with van der Waals surface area (Å²) < 4.78 is 34.1. The number of carbonyl (C=O) groups excluding carboxylic acids is 2. The number of aryl methyl sites for hydroxylation is 2. The van der Waals surface area contributed by atoms with Gasteiger partial charge in [0.05, 0.1) is 22.7 Å². The lowest BCUT2D eigenvalue weighted by molar-refractivity contribution is -0.139. The average molecular weight is 586 g/mol. The Kier molecular flexibility index (Phi) is 10.2. The monoisotopic (exact) mass is 585 g/mol. The summed E-state index contributed by atoms with van der Waals surface area (Å²) in [6, 6.07) is 17.5. The zero-order valence-electron chi connectivity index (χ0n) is 23.6. The molecule has 0 aliphatic carbocycles. The van der Waals surface area contributed by atoms with Gasteiger partial charge in [0.1, 0.15) is 18.3 Å². The van der Waals surface area contributed by atoms with Crippen molar-refractivity contribution in [2.45, 2.75) is 58.1 Å². The summed E-state index contributed by atoms with van der Waals surface area (Å²) in [6.45, 7) is 8.65. The van der Waals surface area contributed by atoms with E-state index in [0.717, 1.165) is 21.0 Å². The molecule has 214 valence electrons. The lowest BCUT2D eigenvalue weighted by Gasteiger charge is -2.32. The van der Waals surface area contributed by atoms with E-state index < -0.39 is 28.5 Å². The van der Waals surface area contributed by atoms with Crippen molar-refractivity contribution in [3.05, 3.63) is 88.4 Å². The highest BCUT2D eigenvalue weighted by Gasteiger charge is 2.33. The van der Waals surface area contributed by atoms with E-state index in [9.17, 15) is 18.0 Å². The lowest BCUT2D eigenvalue weighted by atomic mass is 10.1. The Balaban J connectivity index is 2.08.